The van der Waals surface area contributed by atoms with Crippen LogP contribution in [0.15, 0.2) is 64.5 Å². The van der Waals surface area contributed by atoms with Crippen molar-refractivity contribution in [2.45, 2.75) is 55.5 Å². The SMILES string of the molecule is O=C(CCNCCCOc1ccc(F)cc1)N1CCc2nc(SC3CCC3)n(-c3ccccc3)c(=O)c2C1. The number of nitrogens with one attached hydrogen (secondary N) is 1. The van der Waals surface area contributed by atoms with E-state index in [2.05, 4.69) is 5.32 Å². The Morgan fingerprint density at radius 1 is 1.11 bits per heavy atom. The van der Waals surface area contributed by atoms with Gasteiger partial charge >= 0.3 is 0 Å². The lowest BCUT2D eigenvalue weighted by molar-refractivity contribution is -0.132. The maximum absolute atomic E-state index is 13.7. The number of ether oxygens (including phenoxy) is 1. The molecule has 2 heterocycles. The number of rotatable bonds is 11. The molecule has 0 unspecified atom stereocenters. The van der Waals surface area contributed by atoms with Crippen LogP contribution < -0.4 is 15.6 Å². The third kappa shape index (κ3) is 6.45. The van der Waals surface area contributed by atoms with Crippen molar-refractivity contribution < 1.29 is 13.9 Å². The minimum atomic E-state index is -0.285. The number of halogens is 1. The Morgan fingerprint density at radius 3 is 2.63 bits per heavy atom. The molecular weight excluding hydrogens is 503 g/mol. The molecule has 0 spiro atoms. The number of thioether (sulfide) groups is 1. The number of nitrogens with zero attached hydrogens (tertiary/aromatic N) is 3. The van der Waals surface area contributed by atoms with Gasteiger partial charge in [-0.05, 0) is 62.2 Å². The lowest BCUT2D eigenvalue weighted by atomic mass is 10.0. The number of carbonyl (C=O) groups is 1. The van der Waals surface area contributed by atoms with Crippen molar-refractivity contribution >= 4 is 17.7 Å². The number of carbonyl (C=O) groups excluding carboxylic acids is 1. The first-order valence-electron chi connectivity index (χ1n) is 13.3. The van der Waals surface area contributed by atoms with Crippen LogP contribution >= 0.6 is 11.8 Å². The molecule has 0 bridgehead atoms. The summed E-state index contributed by atoms with van der Waals surface area (Å²) in [4.78, 5) is 33.3. The van der Waals surface area contributed by atoms with E-state index >= 15 is 0 Å². The van der Waals surface area contributed by atoms with Crippen LogP contribution in [0.2, 0.25) is 0 Å². The summed E-state index contributed by atoms with van der Waals surface area (Å²) in [7, 11) is 0. The normalized spacial score (nSPS) is 15.1. The highest BCUT2D eigenvalue weighted by molar-refractivity contribution is 7.99. The minimum absolute atomic E-state index is 0.0318. The number of hydrogen-bond donors (Lipinski definition) is 1. The third-order valence-corrected chi connectivity index (χ3v) is 8.28. The lowest BCUT2D eigenvalue weighted by Gasteiger charge is -2.30. The molecular formula is C29H33FN4O3S. The molecule has 0 radical (unpaired) electrons. The molecule has 1 aliphatic carbocycles. The van der Waals surface area contributed by atoms with Gasteiger partial charge in [-0.1, -0.05) is 36.4 Å². The van der Waals surface area contributed by atoms with Crippen molar-refractivity contribution in [2.75, 3.05) is 26.2 Å². The summed E-state index contributed by atoms with van der Waals surface area (Å²) in [6.07, 6.45) is 5.28. The maximum atomic E-state index is 13.7. The standard InChI is InChI=1S/C29H33FN4O3S/c30-21-10-12-23(13-11-21)37-19-5-16-31-17-14-27(35)33-18-15-26-25(20-33)28(36)34(22-6-2-1-3-7-22)29(32-26)38-24-8-4-9-24/h1-3,6-7,10-13,24,31H,4-5,8-9,14-20H2. The molecule has 2 aromatic carbocycles. The molecule has 0 saturated heterocycles. The van der Waals surface area contributed by atoms with Crippen LogP contribution in [0.4, 0.5) is 4.39 Å². The summed E-state index contributed by atoms with van der Waals surface area (Å²) in [6, 6.07) is 15.6. The number of amides is 1. The van der Waals surface area contributed by atoms with E-state index in [1.54, 1.807) is 33.4 Å². The van der Waals surface area contributed by atoms with Gasteiger partial charge < -0.3 is 15.0 Å². The van der Waals surface area contributed by atoms with E-state index in [-0.39, 0.29) is 17.3 Å². The van der Waals surface area contributed by atoms with Gasteiger partial charge in [0.25, 0.3) is 5.56 Å². The molecule has 1 saturated carbocycles. The number of fused-ring (bicyclic) bond motifs is 1. The first-order valence-corrected chi connectivity index (χ1v) is 14.2. The molecule has 1 fully saturated rings. The number of aromatic nitrogens is 2. The second-order valence-electron chi connectivity index (χ2n) is 9.69. The Labute approximate surface area is 226 Å². The Morgan fingerprint density at radius 2 is 1.89 bits per heavy atom. The van der Waals surface area contributed by atoms with E-state index in [0.717, 1.165) is 35.8 Å². The highest BCUT2D eigenvalue weighted by atomic mass is 32.2. The highest BCUT2D eigenvalue weighted by Gasteiger charge is 2.28. The van der Waals surface area contributed by atoms with E-state index in [4.69, 9.17) is 9.72 Å². The Bertz CT molecular complexity index is 1300. The average molecular weight is 537 g/mol. The van der Waals surface area contributed by atoms with Crippen molar-refractivity contribution in [3.8, 4) is 11.4 Å². The summed E-state index contributed by atoms with van der Waals surface area (Å²) >= 11 is 1.70. The summed E-state index contributed by atoms with van der Waals surface area (Å²) in [5, 5.41) is 4.55. The first-order chi connectivity index (χ1) is 18.6. The number of para-hydroxylation sites is 1. The molecule has 9 heteroatoms. The fourth-order valence-electron chi connectivity index (χ4n) is 4.59. The van der Waals surface area contributed by atoms with E-state index in [9.17, 15) is 14.0 Å². The molecule has 1 amide bonds. The van der Waals surface area contributed by atoms with Gasteiger partial charge in [-0.15, -0.1) is 0 Å². The van der Waals surface area contributed by atoms with Gasteiger partial charge in [-0.3, -0.25) is 14.2 Å². The van der Waals surface area contributed by atoms with Crippen molar-refractivity contribution in [1.82, 2.24) is 19.8 Å². The molecule has 1 N–H and O–H groups in total. The molecule has 38 heavy (non-hydrogen) atoms. The smallest absolute Gasteiger partial charge is 0.264 e. The molecule has 5 rings (SSSR count). The largest absolute Gasteiger partial charge is 0.494 e. The van der Waals surface area contributed by atoms with Gasteiger partial charge in [0.1, 0.15) is 11.6 Å². The Balaban J connectivity index is 1.15. The zero-order valence-electron chi connectivity index (χ0n) is 21.4. The zero-order chi connectivity index (χ0) is 26.3. The van der Waals surface area contributed by atoms with Crippen LogP contribution in [0.1, 0.15) is 43.4 Å². The van der Waals surface area contributed by atoms with Gasteiger partial charge in [-0.25, -0.2) is 9.37 Å². The highest BCUT2D eigenvalue weighted by Crippen LogP contribution is 2.36. The van der Waals surface area contributed by atoms with Gasteiger partial charge in [-0.2, -0.15) is 0 Å². The van der Waals surface area contributed by atoms with Crippen LogP contribution in [0, 0.1) is 5.82 Å². The zero-order valence-corrected chi connectivity index (χ0v) is 22.2. The van der Waals surface area contributed by atoms with E-state index in [1.165, 1.54) is 18.6 Å². The maximum Gasteiger partial charge on any atom is 0.264 e. The van der Waals surface area contributed by atoms with Crippen LogP contribution in [-0.4, -0.2) is 51.8 Å². The molecule has 1 aromatic heterocycles. The summed E-state index contributed by atoms with van der Waals surface area (Å²) in [6.45, 7) is 2.66. The quantitative estimate of drug-likeness (QED) is 0.290. The molecule has 7 nitrogen and oxygen atoms in total. The number of hydrogen-bond acceptors (Lipinski definition) is 6. The van der Waals surface area contributed by atoms with Gasteiger partial charge in [0.2, 0.25) is 5.91 Å². The topological polar surface area (TPSA) is 76.5 Å². The monoisotopic (exact) mass is 536 g/mol. The van der Waals surface area contributed by atoms with Gasteiger partial charge in [0.05, 0.1) is 30.1 Å². The third-order valence-electron chi connectivity index (χ3n) is 6.99. The summed E-state index contributed by atoms with van der Waals surface area (Å²) in [5.41, 5.74) is 2.19. The fourth-order valence-corrected chi connectivity index (χ4v) is 5.91. The molecule has 1 aliphatic heterocycles. The molecule has 2 aliphatic rings. The summed E-state index contributed by atoms with van der Waals surface area (Å²) in [5.74, 6) is 0.387. The van der Waals surface area contributed by atoms with Crippen molar-refractivity contribution in [3.05, 3.63) is 82.0 Å². The van der Waals surface area contributed by atoms with Crippen molar-refractivity contribution in [1.29, 1.82) is 0 Å². The van der Waals surface area contributed by atoms with Gasteiger partial charge in [0, 0.05) is 31.2 Å². The van der Waals surface area contributed by atoms with Crippen LogP contribution in [0.3, 0.4) is 0 Å². The van der Waals surface area contributed by atoms with Crippen LogP contribution in [0.25, 0.3) is 5.69 Å². The molecule has 0 atom stereocenters. The predicted molar refractivity (Wildman–Crippen MR) is 146 cm³/mol. The summed E-state index contributed by atoms with van der Waals surface area (Å²) < 4.78 is 20.3. The van der Waals surface area contributed by atoms with E-state index in [0.29, 0.717) is 62.2 Å². The Kier molecular flexibility index (Phi) is 8.75. The van der Waals surface area contributed by atoms with Crippen molar-refractivity contribution in [3.63, 3.8) is 0 Å². The molecule has 3 aromatic rings. The fraction of sp³-hybridized carbons (Fsp3) is 0.414. The van der Waals surface area contributed by atoms with E-state index in [1.807, 2.05) is 30.3 Å². The second kappa shape index (κ2) is 12.6. The molecule has 200 valence electrons. The first kappa shape index (κ1) is 26.4. The van der Waals surface area contributed by atoms with Crippen LogP contribution in [0.5, 0.6) is 5.75 Å². The predicted octanol–water partition coefficient (Wildman–Crippen LogP) is 4.35. The minimum Gasteiger partial charge on any atom is -0.494 e. The Hall–Kier alpha value is -3.17. The second-order valence-corrected chi connectivity index (χ2v) is 11.0. The van der Waals surface area contributed by atoms with E-state index < -0.39 is 0 Å². The van der Waals surface area contributed by atoms with Crippen molar-refractivity contribution in [2.24, 2.45) is 0 Å². The average Bonchev–Trinajstić information content (AvgIpc) is 2.91. The number of benzene rings is 2. The van der Waals surface area contributed by atoms with Gasteiger partial charge in [0.15, 0.2) is 5.16 Å². The van der Waals surface area contributed by atoms with Crippen LogP contribution in [-0.2, 0) is 17.8 Å². The lowest BCUT2D eigenvalue weighted by Crippen LogP contribution is -2.42.